The number of ether oxygens (including phenoxy) is 1. The number of sulfonamides is 1. The molecule has 0 aliphatic carbocycles. The molecule has 0 radical (unpaired) electrons. The van der Waals surface area contributed by atoms with Crippen molar-refractivity contribution in [3.63, 3.8) is 0 Å². The molecule has 1 aromatic heterocycles. The minimum atomic E-state index is -3.53. The van der Waals surface area contributed by atoms with Crippen LogP contribution in [-0.4, -0.2) is 55.5 Å². The Labute approximate surface area is 165 Å². The number of hydrogen-bond donors (Lipinski definition) is 1. The van der Waals surface area contributed by atoms with E-state index in [1.807, 2.05) is 38.4 Å². The zero-order valence-corrected chi connectivity index (χ0v) is 16.9. The Kier molecular flexibility index (Phi) is 5.03. The maximum atomic E-state index is 12.9. The fourth-order valence-electron chi connectivity index (χ4n) is 4.04. The van der Waals surface area contributed by atoms with Crippen LogP contribution in [0, 0.1) is 18.8 Å². The van der Waals surface area contributed by atoms with E-state index in [1.165, 1.54) is 4.31 Å². The Balaban J connectivity index is 1.40. The number of rotatable bonds is 5. The first-order valence-corrected chi connectivity index (χ1v) is 10.9. The van der Waals surface area contributed by atoms with Crippen LogP contribution in [0.3, 0.4) is 0 Å². The van der Waals surface area contributed by atoms with E-state index in [0.29, 0.717) is 36.8 Å². The van der Waals surface area contributed by atoms with Gasteiger partial charge in [0.1, 0.15) is 5.69 Å². The van der Waals surface area contributed by atoms with Crippen molar-refractivity contribution in [2.24, 2.45) is 18.9 Å². The Morgan fingerprint density at radius 2 is 1.96 bits per heavy atom. The van der Waals surface area contributed by atoms with E-state index in [9.17, 15) is 13.2 Å². The summed E-state index contributed by atoms with van der Waals surface area (Å²) in [6.45, 7) is 3.73. The smallest absolute Gasteiger partial charge is 0.267 e. The molecule has 3 heterocycles. The summed E-state index contributed by atoms with van der Waals surface area (Å²) in [6, 6.07) is 10.5. The van der Waals surface area contributed by atoms with Crippen molar-refractivity contribution in [2.45, 2.75) is 17.9 Å². The zero-order valence-electron chi connectivity index (χ0n) is 16.0. The lowest BCUT2D eigenvalue weighted by Crippen LogP contribution is -2.35. The SMILES string of the molecule is Cc1ccc(S(=O)(=O)N2C[C@@H]3[C@@H](CNC(=O)c4cccn4C)CO[C@@H]3C2)cc1. The highest BCUT2D eigenvalue weighted by atomic mass is 32.2. The molecule has 7 nitrogen and oxygen atoms in total. The monoisotopic (exact) mass is 403 g/mol. The molecule has 28 heavy (non-hydrogen) atoms. The van der Waals surface area contributed by atoms with Gasteiger partial charge in [-0.05, 0) is 31.2 Å². The quantitative estimate of drug-likeness (QED) is 0.818. The summed E-state index contributed by atoms with van der Waals surface area (Å²) in [5, 5.41) is 2.96. The van der Waals surface area contributed by atoms with Crippen LogP contribution < -0.4 is 5.32 Å². The number of hydrogen-bond acceptors (Lipinski definition) is 4. The topological polar surface area (TPSA) is 80.6 Å². The van der Waals surface area contributed by atoms with Crippen LogP contribution in [0.25, 0.3) is 0 Å². The van der Waals surface area contributed by atoms with Gasteiger partial charge in [-0.25, -0.2) is 8.42 Å². The van der Waals surface area contributed by atoms with Gasteiger partial charge in [-0.15, -0.1) is 0 Å². The summed E-state index contributed by atoms with van der Waals surface area (Å²) in [7, 11) is -1.70. The van der Waals surface area contributed by atoms with Gasteiger partial charge in [0.15, 0.2) is 0 Å². The fraction of sp³-hybridized carbons (Fsp3) is 0.450. The molecule has 2 aromatic rings. The molecule has 150 valence electrons. The summed E-state index contributed by atoms with van der Waals surface area (Å²) < 4.78 is 35.0. The van der Waals surface area contributed by atoms with E-state index < -0.39 is 10.0 Å². The normalized spacial score (nSPS) is 25.0. The highest BCUT2D eigenvalue weighted by Crippen LogP contribution is 2.36. The molecule has 0 unspecified atom stereocenters. The molecule has 0 saturated carbocycles. The van der Waals surface area contributed by atoms with Gasteiger partial charge >= 0.3 is 0 Å². The number of aromatic nitrogens is 1. The molecule has 1 N–H and O–H groups in total. The number of nitrogens with zero attached hydrogens (tertiary/aromatic N) is 2. The van der Waals surface area contributed by atoms with Crippen molar-refractivity contribution in [3.8, 4) is 0 Å². The molecule has 4 rings (SSSR count). The molecule has 1 amide bonds. The maximum absolute atomic E-state index is 12.9. The number of aryl methyl sites for hydroxylation is 2. The van der Waals surface area contributed by atoms with E-state index in [4.69, 9.17) is 4.74 Å². The van der Waals surface area contributed by atoms with Crippen molar-refractivity contribution in [3.05, 3.63) is 53.9 Å². The van der Waals surface area contributed by atoms with Gasteiger partial charge in [0, 0.05) is 44.7 Å². The maximum Gasteiger partial charge on any atom is 0.267 e. The third-order valence-corrected chi connectivity index (χ3v) is 7.61. The van der Waals surface area contributed by atoms with Crippen molar-refractivity contribution in [2.75, 3.05) is 26.2 Å². The van der Waals surface area contributed by atoms with Crippen molar-refractivity contribution >= 4 is 15.9 Å². The molecule has 0 spiro atoms. The molecular weight excluding hydrogens is 378 g/mol. The van der Waals surface area contributed by atoms with Crippen LogP contribution >= 0.6 is 0 Å². The van der Waals surface area contributed by atoms with Gasteiger partial charge in [-0.1, -0.05) is 17.7 Å². The third kappa shape index (κ3) is 3.47. The molecule has 0 bridgehead atoms. The van der Waals surface area contributed by atoms with Crippen molar-refractivity contribution in [1.82, 2.24) is 14.2 Å². The van der Waals surface area contributed by atoms with Crippen LogP contribution in [-0.2, 0) is 21.8 Å². The summed E-state index contributed by atoms with van der Waals surface area (Å²) in [6.07, 6.45) is 1.71. The van der Waals surface area contributed by atoms with Crippen LogP contribution in [0.4, 0.5) is 0 Å². The van der Waals surface area contributed by atoms with E-state index in [-0.39, 0.29) is 23.8 Å². The number of benzene rings is 1. The number of nitrogens with one attached hydrogen (secondary N) is 1. The van der Waals surface area contributed by atoms with Crippen LogP contribution in [0.1, 0.15) is 16.1 Å². The first-order chi connectivity index (χ1) is 13.4. The second-order valence-corrected chi connectivity index (χ2v) is 9.58. The highest BCUT2D eigenvalue weighted by Gasteiger charge is 2.47. The largest absolute Gasteiger partial charge is 0.376 e. The molecule has 2 aliphatic rings. The summed E-state index contributed by atoms with van der Waals surface area (Å²) in [4.78, 5) is 12.6. The van der Waals surface area contributed by atoms with Gasteiger partial charge < -0.3 is 14.6 Å². The molecule has 3 atom stereocenters. The Bertz CT molecular complexity index is 968. The lowest BCUT2D eigenvalue weighted by Gasteiger charge is -2.20. The molecular formula is C20H25N3O4S. The van der Waals surface area contributed by atoms with E-state index in [1.54, 1.807) is 22.8 Å². The number of carbonyl (C=O) groups excluding carboxylic acids is 1. The van der Waals surface area contributed by atoms with Gasteiger partial charge in [0.25, 0.3) is 5.91 Å². The number of amides is 1. The first kappa shape index (κ1) is 19.2. The van der Waals surface area contributed by atoms with E-state index >= 15 is 0 Å². The molecule has 2 aliphatic heterocycles. The van der Waals surface area contributed by atoms with Crippen LogP contribution in [0.5, 0.6) is 0 Å². The average molecular weight is 404 g/mol. The Morgan fingerprint density at radius 1 is 1.21 bits per heavy atom. The standard InChI is InChI=1S/C20H25N3O4S/c1-14-5-7-16(8-6-14)28(25,26)23-11-17-15(13-27-19(17)12-23)10-21-20(24)18-4-3-9-22(18)2/h3-9,15,17,19H,10-13H2,1-2H3,(H,21,24)/t15-,17+,19+/m0/s1. The van der Waals surface area contributed by atoms with Crippen LogP contribution in [0.15, 0.2) is 47.5 Å². The Morgan fingerprint density at radius 3 is 2.64 bits per heavy atom. The minimum Gasteiger partial charge on any atom is -0.376 e. The van der Waals surface area contributed by atoms with Gasteiger partial charge in [-0.2, -0.15) is 4.31 Å². The number of fused-ring (bicyclic) bond motifs is 1. The zero-order chi connectivity index (χ0) is 19.9. The molecule has 1 aromatic carbocycles. The minimum absolute atomic E-state index is 0.0916. The third-order valence-electron chi connectivity index (χ3n) is 5.77. The average Bonchev–Trinajstić information content (AvgIpc) is 3.36. The molecule has 8 heteroatoms. The van der Waals surface area contributed by atoms with Gasteiger partial charge in [0.05, 0.1) is 17.6 Å². The molecule has 2 saturated heterocycles. The molecule has 2 fully saturated rings. The van der Waals surface area contributed by atoms with Crippen molar-refractivity contribution < 1.29 is 17.9 Å². The van der Waals surface area contributed by atoms with Gasteiger partial charge in [-0.3, -0.25) is 4.79 Å². The van der Waals surface area contributed by atoms with Crippen molar-refractivity contribution in [1.29, 1.82) is 0 Å². The Hall–Kier alpha value is -2.16. The first-order valence-electron chi connectivity index (χ1n) is 9.44. The summed E-state index contributed by atoms with van der Waals surface area (Å²) >= 11 is 0. The lowest BCUT2D eigenvalue weighted by molar-refractivity contribution is 0.0925. The second kappa shape index (κ2) is 7.35. The number of carbonyl (C=O) groups is 1. The predicted molar refractivity (Wildman–Crippen MR) is 104 cm³/mol. The summed E-state index contributed by atoms with van der Waals surface area (Å²) in [5.41, 5.74) is 1.63. The van der Waals surface area contributed by atoms with Crippen LogP contribution in [0.2, 0.25) is 0 Å². The highest BCUT2D eigenvalue weighted by molar-refractivity contribution is 7.89. The lowest BCUT2D eigenvalue weighted by atomic mass is 9.93. The predicted octanol–water partition coefficient (Wildman–Crippen LogP) is 1.40. The van der Waals surface area contributed by atoms with E-state index in [2.05, 4.69) is 5.32 Å². The van der Waals surface area contributed by atoms with E-state index in [0.717, 1.165) is 5.56 Å². The second-order valence-electron chi connectivity index (χ2n) is 7.65. The van der Waals surface area contributed by atoms with Gasteiger partial charge in [0.2, 0.25) is 10.0 Å². The summed E-state index contributed by atoms with van der Waals surface area (Å²) in [5.74, 6) is 0.0689. The fourth-order valence-corrected chi connectivity index (χ4v) is 5.53.